The number of hydrogen-bond donors (Lipinski definition) is 1. The third kappa shape index (κ3) is 2.98. The zero-order valence-electron chi connectivity index (χ0n) is 18.2. The van der Waals surface area contributed by atoms with Crippen molar-refractivity contribution in [2.24, 2.45) is 11.8 Å². The number of aromatic amines is 1. The van der Waals surface area contributed by atoms with Crippen LogP contribution in [0.3, 0.4) is 0 Å². The molecule has 0 bridgehead atoms. The maximum atomic E-state index is 5.62. The minimum atomic E-state index is 0.206. The normalized spacial score (nSPS) is 26.4. The lowest BCUT2D eigenvalue weighted by Crippen LogP contribution is -2.54. The highest BCUT2D eigenvalue weighted by Crippen LogP contribution is 2.50. The molecule has 1 saturated carbocycles. The largest absolute Gasteiger partial charge is 0.497 e. The summed E-state index contributed by atoms with van der Waals surface area (Å²) in [6, 6.07) is 15.8. The van der Waals surface area contributed by atoms with Crippen LogP contribution in [-0.4, -0.2) is 36.6 Å². The summed E-state index contributed by atoms with van der Waals surface area (Å²) in [5, 5.41) is 1.45. The monoisotopic (exact) mass is 400 g/mol. The lowest BCUT2D eigenvalue weighted by Gasteiger charge is -2.51. The van der Waals surface area contributed by atoms with Gasteiger partial charge in [-0.2, -0.15) is 0 Å². The van der Waals surface area contributed by atoms with Crippen molar-refractivity contribution in [2.75, 3.05) is 26.7 Å². The van der Waals surface area contributed by atoms with Crippen molar-refractivity contribution in [2.45, 2.75) is 44.4 Å². The summed E-state index contributed by atoms with van der Waals surface area (Å²) in [5.41, 5.74) is 7.37. The Labute approximate surface area is 179 Å². The molecule has 156 valence electrons. The van der Waals surface area contributed by atoms with E-state index in [1.54, 1.807) is 12.7 Å². The summed E-state index contributed by atoms with van der Waals surface area (Å²) in [7, 11) is 1.78. The van der Waals surface area contributed by atoms with Gasteiger partial charge in [-0.05, 0) is 92.8 Å². The molecule has 0 amide bonds. The Morgan fingerprint density at radius 2 is 2.07 bits per heavy atom. The van der Waals surface area contributed by atoms with E-state index in [2.05, 4.69) is 59.3 Å². The Morgan fingerprint density at radius 3 is 2.90 bits per heavy atom. The van der Waals surface area contributed by atoms with Gasteiger partial charge in [0.2, 0.25) is 0 Å². The Hall–Kier alpha value is -2.26. The first-order valence-electron chi connectivity index (χ1n) is 11.6. The van der Waals surface area contributed by atoms with E-state index in [0.29, 0.717) is 5.92 Å². The Bertz CT molecular complexity index is 1100. The summed E-state index contributed by atoms with van der Waals surface area (Å²) < 4.78 is 5.62. The predicted molar refractivity (Wildman–Crippen MR) is 122 cm³/mol. The third-order valence-corrected chi connectivity index (χ3v) is 8.08. The Balaban J connectivity index is 1.44. The number of fused-ring (bicyclic) bond motifs is 4. The molecule has 3 nitrogen and oxygen atoms in total. The molecule has 3 aromatic rings. The second kappa shape index (κ2) is 6.88. The summed E-state index contributed by atoms with van der Waals surface area (Å²) >= 11 is 0. The highest BCUT2D eigenvalue weighted by atomic mass is 16.5. The third-order valence-electron chi connectivity index (χ3n) is 8.08. The number of aryl methyl sites for hydroxylation is 1. The molecule has 1 unspecified atom stereocenters. The molecule has 6 rings (SSSR count). The lowest BCUT2D eigenvalue weighted by atomic mass is 9.58. The number of ether oxygens (including phenoxy) is 1. The first-order valence-corrected chi connectivity index (χ1v) is 11.6. The molecule has 0 radical (unpaired) electrons. The van der Waals surface area contributed by atoms with Crippen molar-refractivity contribution in [1.29, 1.82) is 0 Å². The smallest absolute Gasteiger partial charge is 0.119 e. The van der Waals surface area contributed by atoms with Crippen LogP contribution in [0.1, 0.15) is 41.6 Å². The SMILES string of the molecule is COc1cccc([C@]23CCN(CC4CC4)CC2Cc2c([nH]c4ccc(C)cc24)C3)c1. The van der Waals surface area contributed by atoms with E-state index >= 15 is 0 Å². The lowest BCUT2D eigenvalue weighted by molar-refractivity contribution is 0.0783. The van der Waals surface area contributed by atoms with Gasteiger partial charge in [-0.15, -0.1) is 0 Å². The molecule has 3 aliphatic rings. The number of nitrogens with one attached hydrogen (secondary N) is 1. The van der Waals surface area contributed by atoms with Gasteiger partial charge in [0.1, 0.15) is 5.75 Å². The first kappa shape index (κ1) is 18.5. The molecule has 2 fully saturated rings. The van der Waals surface area contributed by atoms with Crippen LogP contribution in [0.4, 0.5) is 0 Å². The average Bonchev–Trinajstić information content (AvgIpc) is 3.52. The van der Waals surface area contributed by atoms with Crippen molar-refractivity contribution < 1.29 is 4.74 Å². The van der Waals surface area contributed by atoms with E-state index in [0.717, 1.165) is 18.1 Å². The van der Waals surface area contributed by atoms with Crippen LogP contribution in [0.2, 0.25) is 0 Å². The van der Waals surface area contributed by atoms with Gasteiger partial charge in [0, 0.05) is 35.1 Å². The minimum absolute atomic E-state index is 0.206. The highest BCUT2D eigenvalue weighted by molar-refractivity contribution is 5.86. The minimum Gasteiger partial charge on any atom is -0.497 e. The van der Waals surface area contributed by atoms with Crippen molar-refractivity contribution >= 4 is 10.9 Å². The average molecular weight is 401 g/mol. The van der Waals surface area contributed by atoms with Gasteiger partial charge in [0.15, 0.2) is 0 Å². The number of hydrogen-bond acceptors (Lipinski definition) is 2. The van der Waals surface area contributed by atoms with E-state index in [1.165, 1.54) is 73.0 Å². The molecule has 30 heavy (non-hydrogen) atoms. The van der Waals surface area contributed by atoms with E-state index in [9.17, 15) is 0 Å². The van der Waals surface area contributed by atoms with Crippen LogP contribution in [0.5, 0.6) is 5.75 Å². The van der Waals surface area contributed by atoms with Gasteiger partial charge < -0.3 is 14.6 Å². The fourth-order valence-electron chi connectivity index (χ4n) is 6.24. The molecule has 1 aromatic heterocycles. The second-order valence-electron chi connectivity index (χ2n) is 10.1. The molecule has 1 N–H and O–H groups in total. The summed E-state index contributed by atoms with van der Waals surface area (Å²) in [6.07, 6.45) is 6.41. The number of likely N-dealkylation sites (tertiary alicyclic amines) is 1. The maximum Gasteiger partial charge on any atom is 0.119 e. The van der Waals surface area contributed by atoms with Crippen LogP contribution < -0.4 is 4.74 Å². The maximum absolute atomic E-state index is 5.62. The zero-order valence-corrected chi connectivity index (χ0v) is 18.2. The molecule has 1 aliphatic heterocycles. The van der Waals surface area contributed by atoms with Crippen molar-refractivity contribution in [1.82, 2.24) is 9.88 Å². The number of methoxy groups -OCH3 is 1. The quantitative estimate of drug-likeness (QED) is 0.648. The standard InChI is InChI=1S/C27H32N2O/c1-18-6-9-25-23(12-18)24-14-21-17-29(16-19-7-8-19)11-10-27(21,15-26(24)28-25)20-4-3-5-22(13-20)30-2/h3-6,9,12-13,19,21,28H,7-8,10-11,14-17H2,1-2H3/t21?,27-/m1/s1. The Kier molecular flexibility index (Phi) is 4.24. The van der Waals surface area contributed by atoms with Gasteiger partial charge in [-0.3, -0.25) is 0 Å². The zero-order chi connectivity index (χ0) is 20.3. The number of piperidine rings is 1. The van der Waals surface area contributed by atoms with E-state index in [4.69, 9.17) is 4.74 Å². The molecule has 2 heterocycles. The van der Waals surface area contributed by atoms with E-state index in [1.807, 2.05) is 0 Å². The van der Waals surface area contributed by atoms with Crippen LogP contribution in [0.25, 0.3) is 10.9 Å². The number of H-pyrrole nitrogens is 1. The van der Waals surface area contributed by atoms with Crippen LogP contribution in [0.15, 0.2) is 42.5 Å². The van der Waals surface area contributed by atoms with Gasteiger partial charge in [-0.1, -0.05) is 23.8 Å². The van der Waals surface area contributed by atoms with Gasteiger partial charge in [-0.25, -0.2) is 0 Å². The predicted octanol–water partition coefficient (Wildman–Crippen LogP) is 5.25. The fraction of sp³-hybridized carbons (Fsp3) is 0.481. The summed E-state index contributed by atoms with van der Waals surface area (Å²) in [6.45, 7) is 5.97. The molecular weight excluding hydrogens is 368 g/mol. The number of nitrogens with zero attached hydrogens (tertiary/aromatic N) is 1. The van der Waals surface area contributed by atoms with Gasteiger partial charge in [0.05, 0.1) is 7.11 Å². The molecule has 2 aromatic carbocycles. The van der Waals surface area contributed by atoms with Crippen LogP contribution in [-0.2, 0) is 18.3 Å². The summed E-state index contributed by atoms with van der Waals surface area (Å²) in [4.78, 5) is 6.58. The first-order chi connectivity index (χ1) is 14.6. The highest BCUT2D eigenvalue weighted by Gasteiger charge is 2.48. The molecule has 0 spiro atoms. The molecule has 3 heteroatoms. The number of rotatable bonds is 4. The van der Waals surface area contributed by atoms with E-state index < -0.39 is 0 Å². The van der Waals surface area contributed by atoms with Crippen molar-refractivity contribution in [3.05, 3.63) is 64.8 Å². The van der Waals surface area contributed by atoms with Gasteiger partial charge in [0.25, 0.3) is 0 Å². The second-order valence-corrected chi connectivity index (χ2v) is 10.1. The van der Waals surface area contributed by atoms with Crippen LogP contribution in [0, 0.1) is 18.8 Å². The molecular formula is C27H32N2O. The topological polar surface area (TPSA) is 28.3 Å². The molecule has 2 atom stereocenters. The van der Waals surface area contributed by atoms with Crippen LogP contribution >= 0.6 is 0 Å². The molecule has 1 saturated heterocycles. The van der Waals surface area contributed by atoms with Crippen molar-refractivity contribution in [3.63, 3.8) is 0 Å². The summed E-state index contributed by atoms with van der Waals surface area (Å²) in [5.74, 6) is 2.60. The number of benzene rings is 2. The van der Waals surface area contributed by atoms with Gasteiger partial charge >= 0.3 is 0 Å². The van der Waals surface area contributed by atoms with Crippen molar-refractivity contribution in [3.8, 4) is 5.75 Å². The fourth-order valence-corrected chi connectivity index (χ4v) is 6.24. The number of aromatic nitrogens is 1. The van der Waals surface area contributed by atoms with E-state index in [-0.39, 0.29) is 5.41 Å². The molecule has 2 aliphatic carbocycles. The Morgan fingerprint density at radius 1 is 1.17 bits per heavy atom.